The summed E-state index contributed by atoms with van der Waals surface area (Å²) in [6.07, 6.45) is 1.88. The van der Waals surface area contributed by atoms with E-state index in [9.17, 15) is 14.4 Å². The molecule has 3 amide bonds. The summed E-state index contributed by atoms with van der Waals surface area (Å²) in [5, 5.41) is 13.0. The van der Waals surface area contributed by atoms with Crippen LogP contribution >= 0.6 is 11.8 Å². The number of imide groups is 1. The van der Waals surface area contributed by atoms with Crippen molar-refractivity contribution < 1.29 is 19.5 Å². The largest absolute Gasteiger partial charge is 0.479 e. The van der Waals surface area contributed by atoms with E-state index in [1.807, 2.05) is 5.32 Å². The third-order valence-corrected chi connectivity index (χ3v) is 2.60. The molecule has 1 saturated heterocycles. The molecule has 0 aromatic carbocycles. The van der Waals surface area contributed by atoms with Crippen LogP contribution in [0, 0.1) is 0 Å². The first kappa shape index (κ1) is 10.8. The van der Waals surface area contributed by atoms with Gasteiger partial charge in [-0.25, -0.2) is 9.59 Å². The lowest BCUT2D eigenvalue weighted by molar-refractivity contribution is -0.148. The zero-order chi connectivity index (χ0) is 10.8. The van der Waals surface area contributed by atoms with Crippen LogP contribution in [0.25, 0.3) is 0 Å². The lowest BCUT2D eigenvalue weighted by atomic mass is 9.97. The summed E-state index contributed by atoms with van der Waals surface area (Å²) in [6.45, 7) is 0. The minimum Gasteiger partial charge on any atom is -0.479 e. The Bertz CT molecular complexity index is 293. The number of urea groups is 1. The van der Waals surface area contributed by atoms with E-state index in [-0.39, 0.29) is 6.42 Å². The fraction of sp³-hybridized carbons (Fsp3) is 0.571. The van der Waals surface area contributed by atoms with E-state index in [1.54, 1.807) is 6.26 Å². The molecule has 1 atom stereocenters. The zero-order valence-electron chi connectivity index (χ0n) is 7.49. The maximum atomic E-state index is 11.3. The highest BCUT2D eigenvalue weighted by Gasteiger charge is 2.52. The van der Waals surface area contributed by atoms with Crippen molar-refractivity contribution in [3.63, 3.8) is 0 Å². The van der Waals surface area contributed by atoms with Gasteiger partial charge in [0.25, 0.3) is 5.91 Å². The Kier molecular flexibility index (Phi) is 3.00. The maximum absolute atomic E-state index is 11.3. The molecule has 78 valence electrons. The van der Waals surface area contributed by atoms with Gasteiger partial charge in [-0.2, -0.15) is 11.8 Å². The van der Waals surface area contributed by atoms with Gasteiger partial charge in [0.15, 0.2) is 0 Å². The number of thioether (sulfide) groups is 1. The number of carboxylic acids is 1. The molecule has 0 spiro atoms. The molecule has 0 bridgehead atoms. The molecule has 0 saturated carbocycles. The zero-order valence-corrected chi connectivity index (χ0v) is 8.31. The van der Waals surface area contributed by atoms with Crippen molar-refractivity contribution in [1.82, 2.24) is 10.6 Å². The number of amides is 3. The molecule has 0 aliphatic carbocycles. The number of carboxylic acid groups (broad SMARTS) is 1. The molecule has 1 unspecified atom stereocenters. The van der Waals surface area contributed by atoms with Gasteiger partial charge in [-0.05, 0) is 18.4 Å². The normalized spacial score (nSPS) is 25.8. The van der Waals surface area contributed by atoms with Gasteiger partial charge in [0.2, 0.25) is 5.54 Å². The maximum Gasteiger partial charge on any atom is 0.339 e. The summed E-state index contributed by atoms with van der Waals surface area (Å²) in [4.78, 5) is 33.0. The highest BCUT2D eigenvalue weighted by atomic mass is 32.2. The van der Waals surface area contributed by atoms with Gasteiger partial charge in [-0.15, -0.1) is 0 Å². The van der Waals surface area contributed by atoms with E-state index < -0.39 is 23.4 Å². The lowest BCUT2D eigenvalue weighted by Crippen LogP contribution is -2.54. The van der Waals surface area contributed by atoms with Crippen LogP contribution in [0.4, 0.5) is 4.79 Å². The van der Waals surface area contributed by atoms with Gasteiger partial charge in [0, 0.05) is 0 Å². The third-order valence-electron chi connectivity index (χ3n) is 1.99. The van der Waals surface area contributed by atoms with E-state index in [0.29, 0.717) is 5.75 Å². The fourth-order valence-electron chi connectivity index (χ4n) is 1.18. The predicted octanol–water partition coefficient (Wildman–Crippen LogP) is -0.598. The Labute approximate surface area is 84.4 Å². The average Bonchev–Trinajstić information content (AvgIpc) is 2.39. The van der Waals surface area contributed by atoms with E-state index in [4.69, 9.17) is 5.11 Å². The molecule has 3 N–H and O–H groups in total. The van der Waals surface area contributed by atoms with E-state index in [0.717, 1.165) is 0 Å². The fourth-order valence-corrected chi connectivity index (χ4v) is 1.69. The molecule has 0 aromatic heterocycles. The summed E-state index contributed by atoms with van der Waals surface area (Å²) in [5.41, 5.74) is -1.78. The second-order valence-electron chi connectivity index (χ2n) is 2.86. The first-order valence-electron chi connectivity index (χ1n) is 3.89. The molecule has 14 heavy (non-hydrogen) atoms. The number of hydrogen-bond donors (Lipinski definition) is 3. The van der Waals surface area contributed by atoms with Crippen LogP contribution in [0.1, 0.15) is 6.42 Å². The smallest absolute Gasteiger partial charge is 0.339 e. The van der Waals surface area contributed by atoms with Crippen LogP contribution in [-0.2, 0) is 9.59 Å². The Hall–Kier alpha value is -1.24. The second kappa shape index (κ2) is 3.87. The van der Waals surface area contributed by atoms with Gasteiger partial charge in [-0.1, -0.05) is 0 Å². The number of nitrogens with one attached hydrogen (secondary N) is 2. The predicted molar refractivity (Wildman–Crippen MR) is 50.0 cm³/mol. The van der Waals surface area contributed by atoms with Crippen molar-refractivity contribution >= 4 is 29.7 Å². The number of hydrogen-bond acceptors (Lipinski definition) is 4. The topological polar surface area (TPSA) is 95.5 Å². The summed E-state index contributed by atoms with van der Waals surface area (Å²) < 4.78 is 0. The van der Waals surface area contributed by atoms with Crippen molar-refractivity contribution in [3.8, 4) is 0 Å². The van der Waals surface area contributed by atoms with E-state index in [2.05, 4.69) is 5.32 Å². The monoisotopic (exact) mass is 218 g/mol. The number of aliphatic carboxylic acids is 1. The van der Waals surface area contributed by atoms with Gasteiger partial charge >= 0.3 is 12.0 Å². The van der Waals surface area contributed by atoms with Crippen molar-refractivity contribution in [1.29, 1.82) is 0 Å². The number of rotatable bonds is 4. The SMILES string of the molecule is CSCCC1(C(=O)O)NC(=O)NC1=O. The molecule has 1 heterocycles. The molecule has 6 nitrogen and oxygen atoms in total. The van der Waals surface area contributed by atoms with Crippen LogP contribution in [0.15, 0.2) is 0 Å². The lowest BCUT2D eigenvalue weighted by Gasteiger charge is -2.19. The Morgan fingerprint density at radius 3 is 2.57 bits per heavy atom. The Morgan fingerprint density at radius 1 is 1.57 bits per heavy atom. The standard InChI is InChI=1S/C7H10N2O4S/c1-14-3-2-7(5(11)12)4(10)8-6(13)9-7/h2-3H2,1H3,(H,11,12)(H2,8,9,10,13). The van der Waals surface area contributed by atoms with Crippen molar-refractivity contribution in [2.24, 2.45) is 0 Å². The van der Waals surface area contributed by atoms with Gasteiger partial charge in [0.05, 0.1) is 0 Å². The summed E-state index contributed by atoms with van der Waals surface area (Å²) in [7, 11) is 0. The minimum atomic E-state index is -1.78. The van der Waals surface area contributed by atoms with Crippen molar-refractivity contribution in [2.45, 2.75) is 12.0 Å². The molecule has 0 aromatic rings. The highest BCUT2D eigenvalue weighted by molar-refractivity contribution is 7.98. The minimum absolute atomic E-state index is 0.0844. The second-order valence-corrected chi connectivity index (χ2v) is 3.85. The number of carbonyl (C=O) groups is 3. The van der Waals surface area contributed by atoms with Crippen LogP contribution < -0.4 is 10.6 Å². The Balaban J connectivity index is 2.87. The molecule has 7 heteroatoms. The van der Waals surface area contributed by atoms with E-state index >= 15 is 0 Å². The van der Waals surface area contributed by atoms with Crippen LogP contribution in [0.3, 0.4) is 0 Å². The summed E-state index contributed by atoms with van der Waals surface area (Å²) >= 11 is 1.41. The molecular weight excluding hydrogens is 208 g/mol. The number of carbonyl (C=O) groups excluding carboxylic acids is 2. The molecule has 1 rings (SSSR count). The highest BCUT2D eigenvalue weighted by Crippen LogP contribution is 2.18. The summed E-state index contributed by atoms with van der Waals surface area (Å²) in [5.74, 6) is -1.63. The first-order valence-corrected chi connectivity index (χ1v) is 5.28. The molecule has 1 fully saturated rings. The van der Waals surface area contributed by atoms with E-state index in [1.165, 1.54) is 11.8 Å². The van der Waals surface area contributed by atoms with Gasteiger partial charge in [-0.3, -0.25) is 10.1 Å². The van der Waals surface area contributed by atoms with Crippen LogP contribution in [-0.4, -0.2) is 40.6 Å². The molecular formula is C7H10N2O4S. The van der Waals surface area contributed by atoms with Crippen LogP contribution in [0.2, 0.25) is 0 Å². The third kappa shape index (κ3) is 1.67. The molecule has 0 radical (unpaired) electrons. The van der Waals surface area contributed by atoms with Crippen molar-refractivity contribution in [2.75, 3.05) is 12.0 Å². The van der Waals surface area contributed by atoms with Gasteiger partial charge < -0.3 is 10.4 Å². The first-order chi connectivity index (χ1) is 6.53. The van der Waals surface area contributed by atoms with Gasteiger partial charge in [0.1, 0.15) is 0 Å². The summed E-state index contributed by atoms with van der Waals surface area (Å²) in [6, 6.07) is -0.751. The molecule has 1 aliphatic heterocycles. The Morgan fingerprint density at radius 2 is 2.21 bits per heavy atom. The quantitative estimate of drug-likeness (QED) is 0.432. The van der Waals surface area contributed by atoms with Crippen LogP contribution in [0.5, 0.6) is 0 Å². The molecule has 1 aliphatic rings. The average molecular weight is 218 g/mol. The van der Waals surface area contributed by atoms with Crippen molar-refractivity contribution in [3.05, 3.63) is 0 Å².